The summed E-state index contributed by atoms with van der Waals surface area (Å²) in [6, 6.07) is 5.34. The lowest BCUT2D eigenvalue weighted by Crippen LogP contribution is -2.32. The van der Waals surface area contributed by atoms with Crippen LogP contribution in [0.1, 0.15) is 51.5 Å². The van der Waals surface area contributed by atoms with Crippen LogP contribution in [0.15, 0.2) is 18.2 Å². The maximum absolute atomic E-state index is 13.8. The van der Waals surface area contributed by atoms with E-state index >= 15 is 0 Å². The van der Waals surface area contributed by atoms with Crippen molar-refractivity contribution in [1.82, 2.24) is 5.32 Å². The number of benzene rings is 1. The van der Waals surface area contributed by atoms with Gasteiger partial charge in [0.25, 0.3) is 0 Å². The first kappa shape index (κ1) is 16.5. The number of hydrogen-bond donors (Lipinski definition) is 1. The number of nitrogens with one attached hydrogen (secondary N) is 1. The Morgan fingerprint density at radius 1 is 1.21 bits per heavy atom. The van der Waals surface area contributed by atoms with Gasteiger partial charge in [-0.1, -0.05) is 50.8 Å². The first-order chi connectivity index (χ1) is 9.17. The molecule has 0 amide bonds. The maximum Gasteiger partial charge on any atom is 0.127 e. The predicted molar refractivity (Wildman–Crippen MR) is 81.3 cm³/mol. The molecule has 1 unspecified atom stereocenters. The van der Waals surface area contributed by atoms with E-state index < -0.39 is 0 Å². The summed E-state index contributed by atoms with van der Waals surface area (Å²) in [7, 11) is 0. The molecule has 0 saturated heterocycles. The Morgan fingerprint density at radius 3 is 2.63 bits per heavy atom. The smallest absolute Gasteiger partial charge is 0.127 e. The summed E-state index contributed by atoms with van der Waals surface area (Å²) in [6.45, 7) is 5.35. The predicted octanol–water partition coefficient (Wildman–Crippen LogP) is 4.97. The molecule has 0 radical (unpaired) electrons. The highest BCUT2D eigenvalue weighted by Gasteiger charge is 2.11. The zero-order chi connectivity index (χ0) is 14.1. The van der Waals surface area contributed by atoms with Crippen LogP contribution in [0.2, 0.25) is 5.02 Å². The van der Waals surface area contributed by atoms with Crippen molar-refractivity contribution in [2.75, 3.05) is 6.54 Å². The van der Waals surface area contributed by atoms with Gasteiger partial charge in [-0.3, -0.25) is 0 Å². The van der Waals surface area contributed by atoms with Gasteiger partial charge in [0.1, 0.15) is 5.82 Å². The van der Waals surface area contributed by atoms with Crippen LogP contribution in [-0.4, -0.2) is 12.6 Å². The van der Waals surface area contributed by atoms with E-state index in [4.69, 9.17) is 11.6 Å². The largest absolute Gasteiger partial charge is 0.314 e. The second kappa shape index (κ2) is 9.33. The summed E-state index contributed by atoms with van der Waals surface area (Å²) in [6.07, 6.45) is 6.62. The molecule has 0 aliphatic rings. The molecule has 3 heteroatoms. The molecule has 1 nitrogen and oxygen atoms in total. The Bertz CT molecular complexity index is 368. The highest BCUT2D eigenvalue weighted by atomic mass is 35.5. The molecule has 0 aliphatic heterocycles. The van der Waals surface area contributed by atoms with E-state index in [1.165, 1.54) is 25.3 Å². The molecule has 19 heavy (non-hydrogen) atoms. The molecule has 0 saturated carbocycles. The van der Waals surface area contributed by atoms with Crippen LogP contribution >= 0.6 is 11.6 Å². The zero-order valence-electron chi connectivity index (χ0n) is 12.0. The van der Waals surface area contributed by atoms with Crippen LogP contribution in [-0.2, 0) is 6.42 Å². The lowest BCUT2D eigenvalue weighted by atomic mass is 10.00. The second-order valence-corrected chi connectivity index (χ2v) is 5.52. The van der Waals surface area contributed by atoms with Gasteiger partial charge in [-0.2, -0.15) is 0 Å². The third-order valence-corrected chi connectivity index (χ3v) is 3.56. The average molecular weight is 286 g/mol. The van der Waals surface area contributed by atoms with Gasteiger partial charge in [0, 0.05) is 11.1 Å². The van der Waals surface area contributed by atoms with E-state index in [9.17, 15) is 4.39 Å². The van der Waals surface area contributed by atoms with E-state index in [1.54, 1.807) is 12.1 Å². The Labute approximate surface area is 121 Å². The fraction of sp³-hybridized carbons (Fsp3) is 0.625. The molecular formula is C16H25ClFN. The van der Waals surface area contributed by atoms with Crippen molar-refractivity contribution >= 4 is 11.6 Å². The SMILES string of the molecule is CCCCCC(Cc1ccc(Cl)cc1F)NCCC. The van der Waals surface area contributed by atoms with Crippen molar-refractivity contribution in [3.05, 3.63) is 34.6 Å². The van der Waals surface area contributed by atoms with Gasteiger partial charge in [-0.05, 0) is 43.5 Å². The van der Waals surface area contributed by atoms with Crippen molar-refractivity contribution in [1.29, 1.82) is 0 Å². The molecule has 0 aliphatic carbocycles. The highest BCUT2D eigenvalue weighted by molar-refractivity contribution is 6.30. The molecule has 0 heterocycles. The summed E-state index contributed by atoms with van der Waals surface area (Å²) in [5.41, 5.74) is 0.759. The van der Waals surface area contributed by atoms with E-state index in [-0.39, 0.29) is 5.82 Å². The second-order valence-electron chi connectivity index (χ2n) is 5.09. The van der Waals surface area contributed by atoms with Crippen LogP contribution in [0, 0.1) is 5.82 Å². The molecule has 1 aromatic rings. The average Bonchev–Trinajstić information content (AvgIpc) is 2.39. The summed E-state index contributed by atoms with van der Waals surface area (Å²) < 4.78 is 13.8. The quantitative estimate of drug-likeness (QED) is 0.632. The molecule has 1 aromatic carbocycles. The highest BCUT2D eigenvalue weighted by Crippen LogP contribution is 2.17. The van der Waals surface area contributed by atoms with Crippen molar-refractivity contribution < 1.29 is 4.39 Å². The number of rotatable bonds is 9. The Hall–Kier alpha value is -0.600. The first-order valence-electron chi connectivity index (χ1n) is 7.34. The van der Waals surface area contributed by atoms with Crippen molar-refractivity contribution in [2.45, 2.75) is 58.4 Å². The van der Waals surface area contributed by atoms with Crippen LogP contribution in [0.4, 0.5) is 4.39 Å². The van der Waals surface area contributed by atoms with Gasteiger partial charge in [0.05, 0.1) is 0 Å². The van der Waals surface area contributed by atoms with Gasteiger partial charge in [-0.15, -0.1) is 0 Å². The van der Waals surface area contributed by atoms with Gasteiger partial charge < -0.3 is 5.32 Å². The molecule has 1 atom stereocenters. The Morgan fingerprint density at radius 2 is 2.00 bits per heavy atom. The van der Waals surface area contributed by atoms with Crippen LogP contribution in [0.25, 0.3) is 0 Å². The summed E-state index contributed by atoms with van der Waals surface area (Å²) in [5, 5.41) is 3.98. The first-order valence-corrected chi connectivity index (χ1v) is 7.72. The Balaban J connectivity index is 2.58. The number of hydrogen-bond acceptors (Lipinski definition) is 1. The Kier molecular flexibility index (Phi) is 8.08. The van der Waals surface area contributed by atoms with Crippen molar-refractivity contribution in [2.24, 2.45) is 0 Å². The lowest BCUT2D eigenvalue weighted by Gasteiger charge is -2.19. The molecular weight excluding hydrogens is 261 g/mol. The molecule has 1 rings (SSSR count). The molecule has 108 valence electrons. The summed E-state index contributed by atoms with van der Waals surface area (Å²) in [5.74, 6) is -0.189. The maximum atomic E-state index is 13.8. The van der Waals surface area contributed by atoms with Gasteiger partial charge >= 0.3 is 0 Å². The lowest BCUT2D eigenvalue weighted by molar-refractivity contribution is 0.449. The fourth-order valence-electron chi connectivity index (χ4n) is 2.22. The van der Waals surface area contributed by atoms with E-state index in [2.05, 4.69) is 19.2 Å². The topological polar surface area (TPSA) is 12.0 Å². The van der Waals surface area contributed by atoms with E-state index in [1.807, 2.05) is 0 Å². The molecule has 0 spiro atoms. The van der Waals surface area contributed by atoms with Crippen molar-refractivity contribution in [3.63, 3.8) is 0 Å². The minimum Gasteiger partial charge on any atom is -0.314 e. The van der Waals surface area contributed by atoms with E-state index in [0.29, 0.717) is 11.1 Å². The van der Waals surface area contributed by atoms with Gasteiger partial charge in [0.15, 0.2) is 0 Å². The minimum absolute atomic E-state index is 0.189. The monoisotopic (exact) mass is 285 g/mol. The standard InChI is InChI=1S/C16H25ClFN/c1-3-5-6-7-15(19-10-4-2)11-13-8-9-14(17)12-16(13)18/h8-9,12,15,19H,3-7,10-11H2,1-2H3. The van der Waals surface area contributed by atoms with Crippen LogP contribution in [0.5, 0.6) is 0 Å². The zero-order valence-corrected chi connectivity index (χ0v) is 12.8. The van der Waals surface area contributed by atoms with Gasteiger partial charge in [-0.25, -0.2) is 4.39 Å². The third-order valence-electron chi connectivity index (χ3n) is 3.32. The fourth-order valence-corrected chi connectivity index (χ4v) is 2.38. The summed E-state index contributed by atoms with van der Waals surface area (Å²) in [4.78, 5) is 0. The number of unbranched alkanes of at least 4 members (excludes halogenated alkanes) is 2. The molecule has 0 fully saturated rings. The van der Waals surface area contributed by atoms with Crippen LogP contribution in [0.3, 0.4) is 0 Å². The van der Waals surface area contributed by atoms with Crippen molar-refractivity contribution in [3.8, 4) is 0 Å². The molecule has 0 bridgehead atoms. The van der Waals surface area contributed by atoms with Gasteiger partial charge in [0.2, 0.25) is 0 Å². The minimum atomic E-state index is -0.189. The molecule has 0 aromatic heterocycles. The normalized spacial score (nSPS) is 12.6. The van der Waals surface area contributed by atoms with Crippen LogP contribution < -0.4 is 5.32 Å². The third kappa shape index (κ3) is 6.40. The number of halogens is 2. The molecule has 1 N–H and O–H groups in total. The van der Waals surface area contributed by atoms with E-state index in [0.717, 1.165) is 31.4 Å². The summed E-state index contributed by atoms with van der Waals surface area (Å²) >= 11 is 5.78.